The van der Waals surface area contributed by atoms with Crippen LogP contribution in [-0.2, 0) is 6.42 Å². The Morgan fingerprint density at radius 1 is 1.33 bits per heavy atom. The van der Waals surface area contributed by atoms with Gasteiger partial charge in [0.25, 0.3) is 0 Å². The predicted molar refractivity (Wildman–Crippen MR) is 60.0 cm³/mol. The number of ether oxygens (including phenoxy) is 2. The van der Waals surface area contributed by atoms with Gasteiger partial charge in [0, 0.05) is 0 Å². The molecule has 2 heterocycles. The van der Waals surface area contributed by atoms with E-state index in [0.29, 0.717) is 13.2 Å². The van der Waals surface area contributed by atoms with E-state index in [0.717, 1.165) is 33.1 Å². The van der Waals surface area contributed by atoms with Gasteiger partial charge in [-0.2, -0.15) is 0 Å². The number of aryl methyl sites for hydroxylation is 1. The summed E-state index contributed by atoms with van der Waals surface area (Å²) >= 11 is 1.70. The molecule has 4 heteroatoms. The van der Waals surface area contributed by atoms with E-state index < -0.39 is 0 Å². The van der Waals surface area contributed by atoms with Crippen LogP contribution >= 0.6 is 11.3 Å². The maximum absolute atomic E-state index is 5.64. The van der Waals surface area contributed by atoms with Crippen LogP contribution in [0.5, 0.6) is 11.5 Å². The van der Waals surface area contributed by atoms with E-state index in [1.165, 1.54) is 0 Å². The first-order chi connectivity index (χ1) is 7.38. The molecule has 78 valence electrons. The molecule has 0 aliphatic carbocycles. The first-order valence-corrected chi connectivity index (χ1v) is 5.88. The van der Waals surface area contributed by atoms with Gasteiger partial charge in [-0.05, 0) is 18.6 Å². The standard InChI is InChI=1S/C11H11NO2S/c1-2-9-12-7-3-4-8-10(11(7)15-9)14-6-5-13-8/h3-4H,2,5-6H2,1H3. The van der Waals surface area contributed by atoms with Crippen molar-refractivity contribution in [3.8, 4) is 11.5 Å². The van der Waals surface area contributed by atoms with Gasteiger partial charge in [0.1, 0.15) is 17.9 Å². The number of rotatable bonds is 1. The predicted octanol–water partition coefficient (Wildman–Crippen LogP) is 2.63. The van der Waals surface area contributed by atoms with E-state index in [1.807, 2.05) is 12.1 Å². The average Bonchev–Trinajstić information content (AvgIpc) is 2.72. The molecular formula is C11H11NO2S. The Morgan fingerprint density at radius 2 is 2.20 bits per heavy atom. The molecule has 1 aromatic carbocycles. The fourth-order valence-electron chi connectivity index (χ4n) is 1.69. The normalized spacial score (nSPS) is 14.5. The van der Waals surface area contributed by atoms with Gasteiger partial charge >= 0.3 is 0 Å². The Bertz CT molecular complexity index is 507. The fraction of sp³-hybridized carbons (Fsp3) is 0.364. The summed E-state index contributed by atoms with van der Waals surface area (Å²) < 4.78 is 12.3. The summed E-state index contributed by atoms with van der Waals surface area (Å²) in [5, 5.41) is 1.15. The number of nitrogens with zero attached hydrogens (tertiary/aromatic N) is 1. The minimum Gasteiger partial charge on any atom is -0.486 e. The second-order valence-corrected chi connectivity index (χ2v) is 4.48. The quantitative estimate of drug-likeness (QED) is 0.741. The van der Waals surface area contributed by atoms with Crippen LogP contribution in [0.3, 0.4) is 0 Å². The van der Waals surface area contributed by atoms with Crippen molar-refractivity contribution in [3.63, 3.8) is 0 Å². The van der Waals surface area contributed by atoms with Crippen molar-refractivity contribution in [2.75, 3.05) is 13.2 Å². The first kappa shape index (κ1) is 8.97. The van der Waals surface area contributed by atoms with E-state index in [2.05, 4.69) is 11.9 Å². The minimum atomic E-state index is 0.630. The maximum atomic E-state index is 5.64. The van der Waals surface area contributed by atoms with E-state index in [1.54, 1.807) is 11.3 Å². The zero-order chi connectivity index (χ0) is 10.3. The van der Waals surface area contributed by atoms with Crippen LogP contribution in [0.2, 0.25) is 0 Å². The van der Waals surface area contributed by atoms with Crippen molar-refractivity contribution in [2.45, 2.75) is 13.3 Å². The molecule has 3 nitrogen and oxygen atoms in total. The van der Waals surface area contributed by atoms with Crippen LogP contribution < -0.4 is 9.47 Å². The molecule has 0 saturated heterocycles. The third-order valence-corrected chi connectivity index (χ3v) is 3.62. The van der Waals surface area contributed by atoms with Crippen molar-refractivity contribution in [3.05, 3.63) is 17.1 Å². The number of fused-ring (bicyclic) bond motifs is 3. The highest BCUT2D eigenvalue weighted by Crippen LogP contribution is 2.40. The van der Waals surface area contributed by atoms with Gasteiger partial charge in [0.05, 0.1) is 10.5 Å². The average molecular weight is 221 g/mol. The summed E-state index contributed by atoms with van der Waals surface area (Å²) in [6, 6.07) is 3.94. The lowest BCUT2D eigenvalue weighted by molar-refractivity contribution is 0.174. The molecule has 0 saturated carbocycles. The van der Waals surface area contributed by atoms with Crippen LogP contribution in [0.4, 0.5) is 0 Å². The van der Waals surface area contributed by atoms with Crippen molar-refractivity contribution >= 4 is 21.6 Å². The van der Waals surface area contributed by atoms with Crippen molar-refractivity contribution in [1.82, 2.24) is 4.98 Å². The summed E-state index contributed by atoms with van der Waals surface area (Å²) in [5.41, 5.74) is 1.01. The lowest BCUT2D eigenvalue weighted by Gasteiger charge is -2.18. The van der Waals surface area contributed by atoms with Crippen LogP contribution in [0, 0.1) is 0 Å². The van der Waals surface area contributed by atoms with E-state index >= 15 is 0 Å². The number of hydrogen-bond acceptors (Lipinski definition) is 4. The Morgan fingerprint density at radius 3 is 3.07 bits per heavy atom. The largest absolute Gasteiger partial charge is 0.486 e. The molecule has 0 spiro atoms. The molecule has 3 rings (SSSR count). The molecule has 1 aliphatic rings. The Kier molecular flexibility index (Phi) is 2.02. The topological polar surface area (TPSA) is 31.4 Å². The first-order valence-electron chi connectivity index (χ1n) is 5.06. The zero-order valence-corrected chi connectivity index (χ0v) is 9.26. The number of hydrogen-bond donors (Lipinski definition) is 0. The zero-order valence-electron chi connectivity index (χ0n) is 8.45. The molecule has 1 aliphatic heterocycles. The van der Waals surface area contributed by atoms with Gasteiger partial charge in [0.2, 0.25) is 0 Å². The van der Waals surface area contributed by atoms with Gasteiger partial charge < -0.3 is 9.47 Å². The maximum Gasteiger partial charge on any atom is 0.180 e. The van der Waals surface area contributed by atoms with Crippen molar-refractivity contribution < 1.29 is 9.47 Å². The third kappa shape index (κ3) is 1.36. The molecule has 0 fully saturated rings. The number of thiazole rings is 1. The van der Waals surface area contributed by atoms with Crippen LogP contribution in [0.25, 0.3) is 10.2 Å². The molecule has 15 heavy (non-hydrogen) atoms. The summed E-state index contributed by atoms with van der Waals surface area (Å²) in [6.07, 6.45) is 0.967. The summed E-state index contributed by atoms with van der Waals surface area (Å²) in [7, 11) is 0. The second kappa shape index (κ2) is 3.38. The summed E-state index contributed by atoms with van der Waals surface area (Å²) in [5.74, 6) is 1.72. The number of aromatic nitrogens is 1. The minimum absolute atomic E-state index is 0.630. The third-order valence-electron chi connectivity index (χ3n) is 2.41. The molecule has 0 amide bonds. The Balaban J connectivity index is 2.25. The summed E-state index contributed by atoms with van der Waals surface area (Å²) in [6.45, 7) is 3.38. The lowest BCUT2D eigenvalue weighted by Crippen LogP contribution is -2.15. The molecule has 0 N–H and O–H groups in total. The summed E-state index contributed by atoms with van der Waals surface area (Å²) in [4.78, 5) is 4.52. The molecule has 0 unspecified atom stereocenters. The van der Waals surface area contributed by atoms with E-state index in [4.69, 9.17) is 9.47 Å². The highest BCUT2D eigenvalue weighted by Gasteiger charge is 2.17. The van der Waals surface area contributed by atoms with E-state index in [9.17, 15) is 0 Å². The lowest BCUT2D eigenvalue weighted by atomic mass is 10.3. The molecule has 2 aromatic rings. The number of benzene rings is 1. The molecule has 0 atom stereocenters. The van der Waals surface area contributed by atoms with Crippen molar-refractivity contribution in [1.29, 1.82) is 0 Å². The highest BCUT2D eigenvalue weighted by atomic mass is 32.1. The molecular weight excluding hydrogens is 210 g/mol. The van der Waals surface area contributed by atoms with Crippen molar-refractivity contribution in [2.24, 2.45) is 0 Å². The molecule has 0 radical (unpaired) electrons. The monoisotopic (exact) mass is 221 g/mol. The van der Waals surface area contributed by atoms with Gasteiger partial charge in [-0.1, -0.05) is 6.92 Å². The Hall–Kier alpha value is -1.29. The van der Waals surface area contributed by atoms with Gasteiger partial charge in [-0.15, -0.1) is 11.3 Å². The van der Waals surface area contributed by atoms with E-state index in [-0.39, 0.29) is 0 Å². The molecule has 1 aromatic heterocycles. The fourth-order valence-corrected chi connectivity index (χ4v) is 2.69. The van der Waals surface area contributed by atoms with Gasteiger partial charge in [-0.25, -0.2) is 4.98 Å². The Labute approximate surface area is 91.7 Å². The van der Waals surface area contributed by atoms with Gasteiger partial charge in [0.15, 0.2) is 11.5 Å². The van der Waals surface area contributed by atoms with Gasteiger partial charge in [-0.3, -0.25) is 0 Å². The molecule has 0 bridgehead atoms. The second-order valence-electron chi connectivity index (χ2n) is 3.40. The van der Waals surface area contributed by atoms with Crippen LogP contribution in [-0.4, -0.2) is 18.2 Å². The SMILES string of the molecule is CCc1nc2ccc3c(c2s1)OCCO3. The van der Waals surface area contributed by atoms with Crippen LogP contribution in [0.1, 0.15) is 11.9 Å². The van der Waals surface area contributed by atoms with Crippen LogP contribution in [0.15, 0.2) is 12.1 Å². The smallest absolute Gasteiger partial charge is 0.180 e. The highest BCUT2D eigenvalue weighted by molar-refractivity contribution is 7.19.